The standard InChI is InChI=1S/C25H30FN3O2S/c1-16-5-9-21(10-6-16)31-24-13-19(26)8-7-18(24)12-22-25-17(2)11-20(29-32(3,4)30)14-23(25)28-15-27-22/h7-8,11,13-16,21H,5-6,9-10,12H2,1-4H3. The van der Waals surface area contributed by atoms with Gasteiger partial charge in [0.2, 0.25) is 0 Å². The van der Waals surface area contributed by atoms with E-state index in [-0.39, 0.29) is 11.9 Å². The van der Waals surface area contributed by atoms with E-state index in [4.69, 9.17) is 4.74 Å². The molecule has 1 heterocycles. The Morgan fingerprint density at radius 2 is 1.88 bits per heavy atom. The van der Waals surface area contributed by atoms with Crippen LogP contribution < -0.4 is 4.74 Å². The van der Waals surface area contributed by atoms with Crippen LogP contribution in [0.2, 0.25) is 0 Å². The average molecular weight is 456 g/mol. The van der Waals surface area contributed by atoms with Crippen molar-refractivity contribution in [3.8, 4) is 5.75 Å². The molecule has 0 amide bonds. The highest BCUT2D eigenvalue weighted by molar-refractivity contribution is 7.92. The molecule has 1 aromatic heterocycles. The molecular weight excluding hydrogens is 425 g/mol. The molecule has 0 spiro atoms. The molecule has 2 aromatic carbocycles. The molecule has 170 valence electrons. The molecule has 1 aliphatic rings. The molecule has 7 heteroatoms. The van der Waals surface area contributed by atoms with E-state index in [1.165, 1.54) is 18.5 Å². The first-order chi connectivity index (χ1) is 15.2. The van der Waals surface area contributed by atoms with Crippen molar-refractivity contribution in [3.05, 3.63) is 59.3 Å². The topological polar surface area (TPSA) is 64.4 Å². The van der Waals surface area contributed by atoms with Crippen LogP contribution in [0.4, 0.5) is 10.1 Å². The minimum Gasteiger partial charge on any atom is -0.490 e. The van der Waals surface area contributed by atoms with Crippen molar-refractivity contribution in [2.45, 2.75) is 52.1 Å². The van der Waals surface area contributed by atoms with Crippen LogP contribution in [-0.4, -0.2) is 32.8 Å². The number of halogens is 1. The van der Waals surface area contributed by atoms with Gasteiger partial charge in [-0.15, -0.1) is 0 Å². The van der Waals surface area contributed by atoms with E-state index in [1.54, 1.807) is 18.6 Å². The molecule has 1 aliphatic carbocycles. The summed E-state index contributed by atoms with van der Waals surface area (Å²) in [6.07, 6.45) is 9.66. The van der Waals surface area contributed by atoms with Crippen molar-refractivity contribution in [2.75, 3.05) is 12.5 Å². The Kier molecular flexibility index (Phi) is 6.47. The molecule has 4 rings (SSSR count). The van der Waals surface area contributed by atoms with Crippen LogP contribution in [0.3, 0.4) is 0 Å². The van der Waals surface area contributed by atoms with Crippen molar-refractivity contribution >= 4 is 26.3 Å². The van der Waals surface area contributed by atoms with Crippen LogP contribution in [0.25, 0.3) is 10.9 Å². The van der Waals surface area contributed by atoms with E-state index >= 15 is 0 Å². The third kappa shape index (κ3) is 5.44. The predicted octanol–water partition coefficient (Wildman–Crippen LogP) is 5.98. The van der Waals surface area contributed by atoms with Crippen LogP contribution in [0.1, 0.15) is 49.4 Å². The van der Waals surface area contributed by atoms with Gasteiger partial charge >= 0.3 is 0 Å². The number of rotatable bonds is 5. The van der Waals surface area contributed by atoms with E-state index in [2.05, 4.69) is 21.3 Å². The summed E-state index contributed by atoms with van der Waals surface area (Å²) >= 11 is 0. The van der Waals surface area contributed by atoms with Gasteiger partial charge in [0.25, 0.3) is 0 Å². The van der Waals surface area contributed by atoms with E-state index < -0.39 is 9.73 Å². The van der Waals surface area contributed by atoms with Crippen LogP contribution in [0.5, 0.6) is 5.75 Å². The normalized spacial score (nSPS) is 19.2. The van der Waals surface area contributed by atoms with Gasteiger partial charge in [0.1, 0.15) is 17.9 Å². The summed E-state index contributed by atoms with van der Waals surface area (Å²) in [5, 5.41) is 0.937. The first kappa shape index (κ1) is 22.6. The number of aryl methyl sites for hydroxylation is 1. The third-order valence-electron chi connectivity index (χ3n) is 5.97. The average Bonchev–Trinajstić information content (AvgIpc) is 2.70. The van der Waals surface area contributed by atoms with Crippen molar-refractivity contribution in [3.63, 3.8) is 0 Å². The van der Waals surface area contributed by atoms with Crippen LogP contribution in [-0.2, 0) is 16.1 Å². The second kappa shape index (κ2) is 9.14. The zero-order chi connectivity index (χ0) is 22.9. The molecule has 0 unspecified atom stereocenters. The first-order valence-electron chi connectivity index (χ1n) is 11.0. The zero-order valence-corrected chi connectivity index (χ0v) is 19.9. The summed E-state index contributed by atoms with van der Waals surface area (Å²) < 4.78 is 36.8. The van der Waals surface area contributed by atoms with E-state index in [1.807, 2.05) is 19.1 Å². The number of hydrogen-bond donors (Lipinski definition) is 0. The Balaban J connectivity index is 1.68. The number of ether oxygens (including phenoxy) is 1. The lowest BCUT2D eigenvalue weighted by molar-refractivity contribution is 0.134. The van der Waals surface area contributed by atoms with Gasteiger partial charge in [-0.2, -0.15) is 4.36 Å². The monoisotopic (exact) mass is 455 g/mol. The van der Waals surface area contributed by atoms with E-state index in [9.17, 15) is 8.60 Å². The summed E-state index contributed by atoms with van der Waals surface area (Å²) in [4.78, 5) is 8.96. The van der Waals surface area contributed by atoms with Gasteiger partial charge in [0.05, 0.1) is 23.0 Å². The maximum atomic E-state index is 14.1. The Morgan fingerprint density at radius 3 is 2.59 bits per heavy atom. The number of hydrogen-bond acceptors (Lipinski definition) is 5. The molecule has 0 atom stereocenters. The molecule has 0 bridgehead atoms. The van der Waals surface area contributed by atoms with Gasteiger partial charge in [-0.25, -0.2) is 18.6 Å². The van der Waals surface area contributed by atoms with E-state index in [0.29, 0.717) is 17.9 Å². The molecule has 0 saturated heterocycles. The molecular formula is C25H30FN3O2S. The summed E-state index contributed by atoms with van der Waals surface area (Å²) in [5.41, 5.74) is 4.12. The second-order valence-electron chi connectivity index (χ2n) is 9.18. The Morgan fingerprint density at radius 1 is 1.12 bits per heavy atom. The maximum absolute atomic E-state index is 14.1. The summed E-state index contributed by atoms with van der Waals surface area (Å²) in [6.45, 7) is 4.25. The number of fused-ring (bicyclic) bond motifs is 1. The van der Waals surface area contributed by atoms with Gasteiger partial charge in [0, 0.05) is 45.7 Å². The summed E-state index contributed by atoms with van der Waals surface area (Å²) in [6, 6.07) is 8.49. The second-order valence-corrected chi connectivity index (χ2v) is 11.7. The molecule has 5 nitrogen and oxygen atoms in total. The highest BCUT2D eigenvalue weighted by atomic mass is 32.2. The van der Waals surface area contributed by atoms with Crippen molar-refractivity contribution in [1.29, 1.82) is 0 Å². The smallest absolute Gasteiger partial charge is 0.126 e. The molecule has 1 fully saturated rings. The van der Waals surface area contributed by atoms with Crippen LogP contribution >= 0.6 is 0 Å². The fourth-order valence-corrected chi connectivity index (χ4v) is 5.00. The fourth-order valence-electron chi connectivity index (χ4n) is 4.38. The maximum Gasteiger partial charge on any atom is 0.126 e. The van der Waals surface area contributed by atoms with Gasteiger partial charge in [-0.3, -0.25) is 0 Å². The minimum absolute atomic E-state index is 0.123. The van der Waals surface area contributed by atoms with Crippen LogP contribution in [0, 0.1) is 18.7 Å². The van der Waals surface area contributed by atoms with Crippen molar-refractivity contribution in [1.82, 2.24) is 9.97 Å². The number of aromatic nitrogens is 2. The Labute approximate surface area is 189 Å². The predicted molar refractivity (Wildman–Crippen MR) is 128 cm³/mol. The zero-order valence-electron chi connectivity index (χ0n) is 19.1. The van der Waals surface area contributed by atoms with Crippen molar-refractivity contribution in [2.24, 2.45) is 10.3 Å². The van der Waals surface area contributed by atoms with Gasteiger partial charge in [0.15, 0.2) is 0 Å². The lowest BCUT2D eigenvalue weighted by atomic mass is 9.89. The minimum atomic E-state index is -2.27. The molecule has 0 radical (unpaired) electrons. The highest BCUT2D eigenvalue weighted by Gasteiger charge is 2.21. The summed E-state index contributed by atoms with van der Waals surface area (Å²) in [5.74, 6) is 1.02. The quantitative estimate of drug-likeness (QED) is 0.474. The lowest BCUT2D eigenvalue weighted by Gasteiger charge is -2.27. The molecule has 0 N–H and O–H groups in total. The molecule has 0 aliphatic heterocycles. The Hall–Kier alpha value is -2.54. The number of benzene rings is 2. The van der Waals surface area contributed by atoms with Gasteiger partial charge in [-0.1, -0.05) is 13.0 Å². The van der Waals surface area contributed by atoms with E-state index in [0.717, 1.165) is 59.3 Å². The first-order valence-corrected chi connectivity index (χ1v) is 13.4. The summed E-state index contributed by atoms with van der Waals surface area (Å²) in [7, 11) is -2.27. The molecule has 1 saturated carbocycles. The molecule has 32 heavy (non-hydrogen) atoms. The van der Waals surface area contributed by atoms with Crippen molar-refractivity contribution < 1.29 is 13.3 Å². The lowest BCUT2D eigenvalue weighted by Crippen LogP contribution is -2.23. The van der Waals surface area contributed by atoms with Gasteiger partial charge in [-0.05, 0) is 62.3 Å². The SMILES string of the molecule is Cc1cc(N=S(C)(C)=O)cc2ncnc(Cc3ccc(F)cc3OC3CCC(C)CC3)c12. The van der Waals surface area contributed by atoms with Gasteiger partial charge < -0.3 is 4.74 Å². The Bertz CT molecular complexity index is 1250. The van der Waals surface area contributed by atoms with Crippen LogP contribution in [0.15, 0.2) is 41.0 Å². The fraction of sp³-hybridized carbons (Fsp3) is 0.440. The third-order valence-corrected chi connectivity index (χ3v) is 6.62. The highest BCUT2D eigenvalue weighted by Crippen LogP contribution is 2.32. The largest absolute Gasteiger partial charge is 0.490 e. The number of nitrogens with zero attached hydrogens (tertiary/aromatic N) is 3. The molecule has 3 aromatic rings.